The van der Waals surface area contributed by atoms with E-state index in [4.69, 9.17) is 0 Å². The Morgan fingerprint density at radius 2 is 2.05 bits per heavy atom. The first-order chi connectivity index (χ1) is 9.56. The number of hydrogen-bond donors (Lipinski definition) is 1. The van der Waals surface area contributed by atoms with Gasteiger partial charge in [0.05, 0.1) is 13.1 Å². The van der Waals surface area contributed by atoms with E-state index in [0.717, 1.165) is 26.2 Å². The fourth-order valence-corrected chi connectivity index (χ4v) is 3.31. The first-order valence-electron chi connectivity index (χ1n) is 7.32. The van der Waals surface area contributed by atoms with Crippen molar-refractivity contribution in [2.75, 3.05) is 32.7 Å². The van der Waals surface area contributed by atoms with E-state index in [9.17, 15) is 4.79 Å². The molecule has 0 aliphatic carbocycles. The Kier molecular flexibility index (Phi) is 5.57. The molecular weight excluding hydrogens is 270 g/mol. The molecule has 0 spiro atoms. The van der Waals surface area contributed by atoms with Crippen molar-refractivity contribution in [3.8, 4) is 0 Å². The van der Waals surface area contributed by atoms with Gasteiger partial charge in [0.2, 0.25) is 5.91 Å². The van der Waals surface area contributed by atoms with E-state index in [-0.39, 0.29) is 5.91 Å². The maximum Gasteiger partial charge on any atom is 0.234 e. The lowest BCUT2D eigenvalue weighted by Gasteiger charge is -2.36. The minimum Gasteiger partial charge on any atom is -0.350 e. The molecule has 1 aromatic rings. The van der Waals surface area contributed by atoms with Gasteiger partial charge < -0.3 is 5.32 Å². The molecule has 1 aliphatic rings. The summed E-state index contributed by atoms with van der Waals surface area (Å²) >= 11 is 1.71. The van der Waals surface area contributed by atoms with Gasteiger partial charge in [-0.15, -0.1) is 11.3 Å². The Morgan fingerprint density at radius 1 is 1.35 bits per heavy atom. The molecule has 0 radical (unpaired) electrons. The molecule has 0 bridgehead atoms. The van der Waals surface area contributed by atoms with Crippen LogP contribution in [0, 0.1) is 6.92 Å². The molecule has 4 nitrogen and oxygen atoms in total. The Hall–Kier alpha value is -0.910. The second-order valence-corrected chi connectivity index (χ2v) is 6.71. The fourth-order valence-electron chi connectivity index (χ4n) is 2.46. The molecule has 5 heteroatoms. The van der Waals surface area contributed by atoms with E-state index in [1.807, 2.05) is 0 Å². The zero-order valence-electron chi connectivity index (χ0n) is 12.7. The van der Waals surface area contributed by atoms with Crippen LogP contribution in [0.25, 0.3) is 0 Å². The summed E-state index contributed by atoms with van der Waals surface area (Å²) < 4.78 is 0. The third-order valence-corrected chi connectivity index (χ3v) is 4.94. The summed E-state index contributed by atoms with van der Waals surface area (Å²) in [6.07, 6.45) is 0. The van der Waals surface area contributed by atoms with Crippen LogP contribution in [0.4, 0.5) is 0 Å². The van der Waals surface area contributed by atoms with Crippen LogP contribution >= 0.6 is 11.3 Å². The van der Waals surface area contributed by atoms with Crippen LogP contribution in [-0.4, -0.2) is 54.5 Å². The number of rotatable bonds is 5. The highest BCUT2D eigenvalue weighted by molar-refractivity contribution is 7.10. The van der Waals surface area contributed by atoms with Gasteiger partial charge in [-0.3, -0.25) is 14.6 Å². The molecule has 2 rings (SSSR count). The topological polar surface area (TPSA) is 35.6 Å². The van der Waals surface area contributed by atoms with Gasteiger partial charge in [0.1, 0.15) is 0 Å². The monoisotopic (exact) mass is 295 g/mol. The van der Waals surface area contributed by atoms with Crippen molar-refractivity contribution in [1.29, 1.82) is 0 Å². The van der Waals surface area contributed by atoms with E-state index in [2.05, 4.69) is 47.3 Å². The van der Waals surface area contributed by atoms with Crippen LogP contribution in [-0.2, 0) is 11.3 Å². The number of nitrogens with one attached hydrogen (secondary N) is 1. The minimum absolute atomic E-state index is 0.135. The highest BCUT2D eigenvalue weighted by Gasteiger charge is 2.20. The Bertz CT molecular complexity index is 436. The number of aryl methyl sites for hydroxylation is 1. The summed E-state index contributed by atoms with van der Waals surface area (Å²) in [4.78, 5) is 17.9. The zero-order chi connectivity index (χ0) is 14.5. The van der Waals surface area contributed by atoms with Crippen molar-refractivity contribution in [1.82, 2.24) is 15.1 Å². The number of carbonyl (C=O) groups excluding carboxylic acids is 1. The molecule has 0 unspecified atom stereocenters. The van der Waals surface area contributed by atoms with E-state index in [0.29, 0.717) is 19.1 Å². The maximum absolute atomic E-state index is 12.0. The van der Waals surface area contributed by atoms with Gasteiger partial charge in [-0.05, 0) is 37.8 Å². The second kappa shape index (κ2) is 7.20. The van der Waals surface area contributed by atoms with Crippen LogP contribution in [0.5, 0.6) is 0 Å². The second-order valence-electron chi connectivity index (χ2n) is 5.71. The first kappa shape index (κ1) is 15.5. The summed E-state index contributed by atoms with van der Waals surface area (Å²) in [5.41, 5.74) is 1.26. The van der Waals surface area contributed by atoms with Gasteiger partial charge >= 0.3 is 0 Å². The molecule has 20 heavy (non-hydrogen) atoms. The van der Waals surface area contributed by atoms with E-state index in [1.54, 1.807) is 11.3 Å². The lowest BCUT2D eigenvalue weighted by Crippen LogP contribution is -2.51. The summed E-state index contributed by atoms with van der Waals surface area (Å²) in [7, 11) is 0. The van der Waals surface area contributed by atoms with E-state index >= 15 is 0 Å². The normalized spacial score (nSPS) is 17.6. The molecule has 0 aromatic carbocycles. The number of carbonyl (C=O) groups is 1. The lowest BCUT2D eigenvalue weighted by molar-refractivity contribution is -0.122. The van der Waals surface area contributed by atoms with Crippen molar-refractivity contribution in [2.24, 2.45) is 0 Å². The Labute approximate surface area is 125 Å². The lowest BCUT2D eigenvalue weighted by atomic mass is 10.2. The van der Waals surface area contributed by atoms with E-state index < -0.39 is 0 Å². The number of amides is 1. The quantitative estimate of drug-likeness (QED) is 0.898. The number of hydrogen-bond acceptors (Lipinski definition) is 4. The molecule has 1 aliphatic heterocycles. The maximum atomic E-state index is 12.0. The van der Waals surface area contributed by atoms with Crippen molar-refractivity contribution in [3.05, 3.63) is 21.9 Å². The SMILES string of the molecule is Cc1ccsc1CNC(=O)CN1CCN(C(C)C)CC1. The zero-order valence-corrected chi connectivity index (χ0v) is 13.5. The van der Waals surface area contributed by atoms with Gasteiger partial charge in [0.25, 0.3) is 0 Å². The smallest absolute Gasteiger partial charge is 0.234 e. The highest BCUT2D eigenvalue weighted by Crippen LogP contribution is 2.14. The van der Waals surface area contributed by atoms with Gasteiger partial charge in [-0.1, -0.05) is 0 Å². The third-order valence-electron chi connectivity index (χ3n) is 3.92. The molecule has 1 fully saturated rings. The summed E-state index contributed by atoms with van der Waals surface area (Å²) in [5, 5.41) is 5.09. The van der Waals surface area contributed by atoms with Gasteiger partial charge in [0.15, 0.2) is 0 Å². The molecule has 112 valence electrons. The number of thiophene rings is 1. The Balaban J connectivity index is 1.69. The predicted molar refractivity (Wildman–Crippen MR) is 84.1 cm³/mol. The molecule has 2 heterocycles. The fraction of sp³-hybridized carbons (Fsp3) is 0.667. The van der Waals surface area contributed by atoms with Crippen molar-refractivity contribution < 1.29 is 4.79 Å². The summed E-state index contributed by atoms with van der Waals surface area (Å²) in [6, 6.07) is 2.70. The summed E-state index contributed by atoms with van der Waals surface area (Å²) in [5.74, 6) is 0.135. The average Bonchev–Trinajstić information content (AvgIpc) is 2.82. The van der Waals surface area contributed by atoms with Crippen LogP contribution in [0.15, 0.2) is 11.4 Å². The average molecular weight is 295 g/mol. The molecule has 1 amide bonds. The standard InChI is InChI=1S/C15H25N3OS/c1-12(2)18-7-5-17(6-8-18)11-15(19)16-10-14-13(3)4-9-20-14/h4,9,12H,5-8,10-11H2,1-3H3,(H,16,19). The molecular formula is C15H25N3OS. The molecule has 0 saturated carbocycles. The first-order valence-corrected chi connectivity index (χ1v) is 8.20. The minimum atomic E-state index is 0.135. The molecule has 1 saturated heterocycles. The van der Waals surface area contributed by atoms with Crippen LogP contribution in [0.2, 0.25) is 0 Å². The van der Waals surface area contributed by atoms with Gasteiger partial charge in [-0.25, -0.2) is 0 Å². The molecule has 1 N–H and O–H groups in total. The van der Waals surface area contributed by atoms with Gasteiger partial charge in [0, 0.05) is 37.1 Å². The largest absolute Gasteiger partial charge is 0.350 e. The number of nitrogens with zero attached hydrogens (tertiary/aromatic N) is 2. The van der Waals surface area contributed by atoms with Crippen LogP contribution < -0.4 is 5.32 Å². The van der Waals surface area contributed by atoms with Crippen molar-refractivity contribution in [2.45, 2.75) is 33.4 Å². The van der Waals surface area contributed by atoms with Crippen LogP contribution in [0.1, 0.15) is 24.3 Å². The number of piperazine rings is 1. The van der Waals surface area contributed by atoms with Gasteiger partial charge in [-0.2, -0.15) is 0 Å². The Morgan fingerprint density at radius 3 is 2.60 bits per heavy atom. The summed E-state index contributed by atoms with van der Waals surface area (Å²) in [6.45, 7) is 11.8. The van der Waals surface area contributed by atoms with E-state index in [1.165, 1.54) is 10.4 Å². The third kappa shape index (κ3) is 4.30. The van der Waals surface area contributed by atoms with Crippen LogP contribution in [0.3, 0.4) is 0 Å². The van der Waals surface area contributed by atoms with Crippen molar-refractivity contribution >= 4 is 17.2 Å². The molecule has 0 atom stereocenters. The highest BCUT2D eigenvalue weighted by atomic mass is 32.1. The molecule has 1 aromatic heterocycles. The van der Waals surface area contributed by atoms with Crippen molar-refractivity contribution in [3.63, 3.8) is 0 Å². The predicted octanol–water partition coefficient (Wildman–Crippen LogP) is 1.70.